The average molecular weight is 272 g/mol. The molecule has 0 aliphatic carbocycles. The quantitative estimate of drug-likeness (QED) is 0.790. The van der Waals surface area contributed by atoms with E-state index in [-0.39, 0.29) is 0 Å². The van der Waals surface area contributed by atoms with Crippen molar-refractivity contribution in [1.29, 1.82) is 0 Å². The topological polar surface area (TPSA) is 38.0 Å². The van der Waals surface area contributed by atoms with Gasteiger partial charge in [0, 0.05) is 28.7 Å². The minimum Gasteiger partial charge on any atom is -0.387 e. The fraction of sp³-hybridized carbons (Fsp3) is 0.267. The van der Waals surface area contributed by atoms with E-state index in [1.165, 1.54) is 10.1 Å². The van der Waals surface area contributed by atoms with Crippen molar-refractivity contribution >= 4 is 21.4 Å². The summed E-state index contributed by atoms with van der Waals surface area (Å²) in [4.78, 5) is 1.02. The fourth-order valence-electron chi connectivity index (χ4n) is 2.18. The molecule has 0 aliphatic rings. The highest BCUT2D eigenvalue weighted by Crippen LogP contribution is 2.31. The molecule has 3 rings (SSSR count). The van der Waals surface area contributed by atoms with Crippen LogP contribution in [0.1, 0.15) is 23.5 Å². The fourth-order valence-corrected chi connectivity index (χ4v) is 3.23. The number of aliphatic hydroxyl groups excluding tert-OH is 1. The monoisotopic (exact) mass is 272 g/mol. The van der Waals surface area contributed by atoms with Gasteiger partial charge < -0.3 is 5.11 Å². The summed E-state index contributed by atoms with van der Waals surface area (Å²) in [6.45, 7) is 2.91. The predicted octanol–water partition coefficient (Wildman–Crippen LogP) is 3.39. The molecule has 0 radical (unpaired) electrons. The molecule has 98 valence electrons. The molecule has 0 aliphatic heterocycles. The second-order valence-corrected chi connectivity index (χ2v) is 5.73. The van der Waals surface area contributed by atoms with Crippen molar-refractivity contribution in [3.63, 3.8) is 0 Å². The summed E-state index contributed by atoms with van der Waals surface area (Å²) in [5.74, 6) is 0. The van der Waals surface area contributed by atoms with Gasteiger partial charge in [-0.3, -0.25) is 4.68 Å². The summed E-state index contributed by atoms with van der Waals surface area (Å²) in [6, 6.07) is 10.3. The number of hydrogen-bond acceptors (Lipinski definition) is 3. The normalized spacial score (nSPS) is 12.9. The lowest BCUT2D eigenvalue weighted by Gasteiger charge is -2.05. The lowest BCUT2D eigenvalue weighted by atomic mass is 10.1. The Labute approximate surface area is 116 Å². The van der Waals surface area contributed by atoms with E-state index in [4.69, 9.17) is 0 Å². The summed E-state index contributed by atoms with van der Waals surface area (Å²) in [6.07, 6.45) is 4.00. The van der Waals surface area contributed by atoms with Crippen molar-refractivity contribution in [2.75, 3.05) is 0 Å². The Balaban J connectivity index is 1.81. The second-order valence-electron chi connectivity index (χ2n) is 4.61. The van der Waals surface area contributed by atoms with Gasteiger partial charge in [-0.25, -0.2) is 0 Å². The van der Waals surface area contributed by atoms with Gasteiger partial charge in [0.25, 0.3) is 0 Å². The van der Waals surface area contributed by atoms with E-state index in [9.17, 15) is 5.11 Å². The van der Waals surface area contributed by atoms with E-state index in [1.54, 1.807) is 11.3 Å². The van der Waals surface area contributed by atoms with Crippen molar-refractivity contribution in [1.82, 2.24) is 9.78 Å². The lowest BCUT2D eigenvalue weighted by molar-refractivity contribution is 0.182. The van der Waals surface area contributed by atoms with Crippen molar-refractivity contribution in [3.05, 3.63) is 53.2 Å². The van der Waals surface area contributed by atoms with E-state index >= 15 is 0 Å². The number of nitrogens with zero attached hydrogens (tertiary/aromatic N) is 2. The van der Waals surface area contributed by atoms with E-state index in [2.05, 4.69) is 30.2 Å². The number of rotatable bonds is 4. The smallest absolute Gasteiger partial charge is 0.0923 e. The van der Waals surface area contributed by atoms with Crippen LogP contribution in [0.5, 0.6) is 0 Å². The first-order valence-electron chi connectivity index (χ1n) is 6.44. The Bertz CT molecular complexity index is 653. The number of fused-ring (bicyclic) bond motifs is 1. The molecule has 4 heteroatoms. The molecule has 2 aromatic heterocycles. The van der Waals surface area contributed by atoms with Gasteiger partial charge in [0.15, 0.2) is 0 Å². The lowest BCUT2D eigenvalue weighted by Crippen LogP contribution is -1.98. The first kappa shape index (κ1) is 12.4. The zero-order valence-electron chi connectivity index (χ0n) is 10.8. The average Bonchev–Trinajstić information content (AvgIpc) is 3.04. The summed E-state index contributed by atoms with van der Waals surface area (Å²) in [5.41, 5.74) is 1.08. The molecule has 0 spiro atoms. The number of aryl methyl sites for hydroxylation is 1. The van der Waals surface area contributed by atoms with Crippen LogP contribution in [0.4, 0.5) is 0 Å². The molecule has 0 bridgehead atoms. The molecule has 2 heterocycles. The molecular weight excluding hydrogens is 256 g/mol. The van der Waals surface area contributed by atoms with Crippen molar-refractivity contribution in [3.8, 4) is 0 Å². The van der Waals surface area contributed by atoms with Gasteiger partial charge in [-0.1, -0.05) is 18.2 Å². The van der Waals surface area contributed by atoms with Gasteiger partial charge in [-0.05, 0) is 30.0 Å². The van der Waals surface area contributed by atoms with E-state index in [0.717, 1.165) is 17.0 Å². The molecule has 0 fully saturated rings. The maximum Gasteiger partial charge on any atom is 0.0923 e. The van der Waals surface area contributed by atoms with Crippen molar-refractivity contribution < 1.29 is 5.11 Å². The number of hydrogen-bond donors (Lipinski definition) is 1. The molecule has 3 nitrogen and oxygen atoms in total. The molecule has 19 heavy (non-hydrogen) atoms. The summed E-state index contributed by atoms with van der Waals surface area (Å²) < 4.78 is 3.10. The van der Waals surface area contributed by atoms with Crippen LogP contribution in [-0.2, 0) is 13.0 Å². The Morgan fingerprint density at radius 1 is 1.37 bits per heavy atom. The molecule has 0 saturated carbocycles. The maximum absolute atomic E-state index is 10.3. The Morgan fingerprint density at radius 2 is 2.21 bits per heavy atom. The standard InChI is InChI=1S/C15H16N2OS/c1-2-17-10-11(9-16-17)7-13(18)15-8-12-5-3-4-6-14(12)19-15/h3-6,8-10,13,18H,2,7H2,1H3. The number of aliphatic hydroxyl groups is 1. The largest absolute Gasteiger partial charge is 0.387 e. The molecule has 0 saturated heterocycles. The molecular formula is C15H16N2OS. The zero-order valence-corrected chi connectivity index (χ0v) is 11.6. The molecule has 1 aromatic carbocycles. The third-order valence-electron chi connectivity index (χ3n) is 3.21. The Hall–Kier alpha value is -1.65. The Kier molecular flexibility index (Phi) is 3.36. The predicted molar refractivity (Wildman–Crippen MR) is 78.4 cm³/mol. The summed E-state index contributed by atoms with van der Waals surface area (Å²) in [5, 5.41) is 15.8. The highest BCUT2D eigenvalue weighted by atomic mass is 32.1. The van der Waals surface area contributed by atoms with Crippen LogP contribution in [-0.4, -0.2) is 14.9 Å². The van der Waals surface area contributed by atoms with Crippen LogP contribution >= 0.6 is 11.3 Å². The minimum absolute atomic E-state index is 0.452. The minimum atomic E-state index is -0.452. The third kappa shape index (κ3) is 2.55. The number of aromatic nitrogens is 2. The van der Waals surface area contributed by atoms with E-state index < -0.39 is 6.10 Å². The molecule has 3 aromatic rings. The molecule has 1 atom stereocenters. The van der Waals surface area contributed by atoms with Crippen LogP contribution in [0.25, 0.3) is 10.1 Å². The summed E-state index contributed by atoms with van der Waals surface area (Å²) >= 11 is 1.66. The molecule has 1 N–H and O–H groups in total. The van der Waals surface area contributed by atoms with E-state index in [0.29, 0.717) is 6.42 Å². The van der Waals surface area contributed by atoms with Gasteiger partial charge >= 0.3 is 0 Å². The van der Waals surface area contributed by atoms with Crippen molar-refractivity contribution in [2.45, 2.75) is 26.0 Å². The number of thiophene rings is 1. The maximum atomic E-state index is 10.3. The first-order chi connectivity index (χ1) is 9.26. The van der Waals surface area contributed by atoms with E-state index in [1.807, 2.05) is 29.2 Å². The molecule has 0 amide bonds. The van der Waals surface area contributed by atoms with Gasteiger partial charge in [0.1, 0.15) is 0 Å². The highest BCUT2D eigenvalue weighted by Gasteiger charge is 2.13. The SMILES string of the molecule is CCn1cc(CC(O)c2cc3ccccc3s2)cn1. The first-order valence-corrected chi connectivity index (χ1v) is 7.26. The van der Waals surface area contributed by atoms with Crippen LogP contribution in [0.3, 0.4) is 0 Å². The van der Waals surface area contributed by atoms with Crippen LogP contribution in [0, 0.1) is 0 Å². The highest BCUT2D eigenvalue weighted by molar-refractivity contribution is 7.19. The number of benzene rings is 1. The van der Waals surface area contributed by atoms with Crippen LogP contribution < -0.4 is 0 Å². The van der Waals surface area contributed by atoms with Gasteiger partial charge in [-0.2, -0.15) is 5.10 Å². The van der Waals surface area contributed by atoms with Gasteiger partial charge in [0.2, 0.25) is 0 Å². The Morgan fingerprint density at radius 3 is 2.95 bits per heavy atom. The van der Waals surface area contributed by atoms with Crippen molar-refractivity contribution in [2.24, 2.45) is 0 Å². The van der Waals surface area contributed by atoms with Gasteiger partial charge in [-0.15, -0.1) is 11.3 Å². The molecule has 1 unspecified atom stereocenters. The second kappa shape index (κ2) is 5.15. The van der Waals surface area contributed by atoms with Crippen LogP contribution in [0.15, 0.2) is 42.7 Å². The van der Waals surface area contributed by atoms with Gasteiger partial charge in [0.05, 0.1) is 12.3 Å². The van der Waals surface area contributed by atoms with Crippen LogP contribution in [0.2, 0.25) is 0 Å². The zero-order chi connectivity index (χ0) is 13.2. The summed E-state index contributed by atoms with van der Waals surface area (Å²) in [7, 11) is 0. The third-order valence-corrected chi connectivity index (χ3v) is 4.43.